The maximum absolute atomic E-state index is 12.9. The molecule has 3 heterocycles. The van der Waals surface area contributed by atoms with Crippen molar-refractivity contribution in [1.29, 1.82) is 0 Å². The van der Waals surface area contributed by atoms with Gasteiger partial charge in [-0.2, -0.15) is 13.2 Å². The van der Waals surface area contributed by atoms with Crippen LogP contribution in [0.3, 0.4) is 0 Å². The molecule has 2 aromatic heterocycles. The van der Waals surface area contributed by atoms with Gasteiger partial charge in [0.2, 0.25) is 5.91 Å². The van der Waals surface area contributed by atoms with Crippen LogP contribution in [0.25, 0.3) is 0 Å². The number of rotatable bonds is 5. The number of ether oxygens (including phenoxy) is 1. The maximum Gasteiger partial charge on any atom is 0.433 e. The number of amides is 1. The van der Waals surface area contributed by atoms with E-state index in [0.717, 1.165) is 25.1 Å². The highest BCUT2D eigenvalue weighted by atomic mass is 19.4. The Morgan fingerprint density at radius 1 is 1.31 bits per heavy atom. The standard InChI is InChI=1S/C20H22F3N3O3/c1-29-16-7-8-24-12-14(16)19(28)15-4-2-3-9-26(15)18(27)10-13-5-6-17(25-11-13)20(21,22)23/h5-8,11-12,15,19,28H,2-4,9-10H2,1H3. The number of aliphatic hydroxyl groups excluding tert-OH is 1. The van der Waals surface area contributed by atoms with Gasteiger partial charge in [0.25, 0.3) is 0 Å². The van der Waals surface area contributed by atoms with Crippen LogP contribution in [-0.2, 0) is 17.4 Å². The lowest BCUT2D eigenvalue weighted by Crippen LogP contribution is -2.47. The quantitative estimate of drug-likeness (QED) is 0.821. The van der Waals surface area contributed by atoms with Crippen molar-refractivity contribution in [1.82, 2.24) is 14.9 Å². The minimum Gasteiger partial charge on any atom is -0.496 e. The van der Waals surface area contributed by atoms with Crippen LogP contribution < -0.4 is 4.74 Å². The summed E-state index contributed by atoms with van der Waals surface area (Å²) in [6.45, 7) is 0.469. The van der Waals surface area contributed by atoms with Crippen LogP contribution >= 0.6 is 0 Å². The molecule has 0 radical (unpaired) electrons. The van der Waals surface area contributed by atoms with E-state index in [4.69, 9.17) is 4.74 Å². The monoisotopic (exact) mass is 409 g/mol. The molecule has 0 bridgehead atoms. The van der Waals surface area contributed by atoms with E-state index in [0.29, 0.717) is 29.8 Å². The van der Waals surface area contributed by atoms with Gasteiger partial charge in [-0.15, -0.1) is 0 Å². The van der Waals surface area contributed by atoms with Crippen molar-refractivity contribution < 1.29 is 27.8 Å². The van der Waals surface area contributed by atoms with Gasteiger partial charge >= 0.3 is 6.18 Å². The molecular weight excluding hydrogens is 387 g/mol. The summed E-state index contributed by atoms with van der Waals surface area (Å²) in [5.74, 6) is 0.218. The van der Waals surface area contributed by atoms with Gasteiger partial charge in [-0.25, -0.2) is 0 Å². The predicted octanol–water partition coefficient (Wildman–Crippen LogP) is 3.16. The molecule has 2 atom stereocenters. The average Bonchev–Trinajstić information content (AvgIpc) is 2.73. The second kappa shape index (κ2) is 8.77. The molecule has 9 heteroatoms. The number of carbonyl (C=O) groups excluding carboxylic acids is 1. The maximum atomic E-state index is 12.9. The summed E-state index contributed by atoms with van der Waals surface area (Å²) in [7, 11) is 1.49. The van der Waals surface area contributed by atoms with Gasteiger partial charge < -0.3 is 14.7 Å². The Hall–Kier alpha value is -2.68. The number of methoxy groups -OCH3 is 1. The smallest absolute Gasteiger partial charge is 0.433 e. The highest BCUT2D eigenvalue weighted by Gasteiger charge is 2.35. The SMILES string of the molecule is COc1ccncc1C(O)C1CCCCN1C(=O)Cc1ccc(C(F)(F)F)nc1. The molecular formula is C20H22F3N3O3. The highest BCUT2D eigenvalue weighted by Crippen LogP contribution is 2.33. The van der Waals surface area contributed by atoms with Gasteiger partial charge in [-0.3, -0.25) is 14.8 Å². The number of pyridine rings is 2. The Balaban J connectivity index is 1.76. The number of alkyl halides is 3. The lowest BCUT2D eigenvalue weighted by atomic mass is 9.92. The molecule has 2 unspecified atom stereocenters. The van der Waals surface area contributed by atoms with Crippen molar-refractivity contribution in [3.8, 4) is 5.75 Å². The van der Waals surface area contributed by atoms with Crippen LogP contribution in [0.1, 0.15) is 42.2 Å². The first-order valence-electron chi connectivity index (χ1n) is 9.29. The topological polar surface area (TPSA) is 75.6 Å². The summed E-state index contributed by atoms with van der Waals surface area (Å²) in [4.78, 5) is 21.9. The first kappa shape index (κ1) is 21.0. The number of aromatic nitrogens is 2. The summed E-state index contributed by atoms with van der Waals surface area (Å²) >= 11 is 0. The molecule has 1 N–H and O–H groups in total. The molecule has 1 fully saturated rings. The van der Waals surface area contributed by atoms with E-state index in [-0.39, 0.29) is 12.3 Å². The van der Waals surface area contributed by atoms with Gasteiger partial charge in [0.15, 0.2) is 0 Å². The third-order valence-electron chi connectivity index (χ3n) is 5.05. The van der Waals surface area contributed by atoms with E-state index in [1.54, 1.807) is 17.2 Å². The predicted molar refractivity (Wildman–Crippen MR) is 98.0 cm³/mol. The van der Waals surface area contributed by atoms with Crippen molar-refractivity contribution in [3.05, 3.63) is 53.6 Å². The fraction of sp³-hybridized carbons (Fsp3) is 0.450. The van der Waals surface area contributed by atoms with E-state index in [9.17, 15) is 23.1 Å². The van der Waals surface area contributed by atoms with Crippen molar-refractivity contribution >= 4 is 5.91 Å². The molecule has 3 rings (SSSR count). The molecule has 1 aliphatic heterocycles. The van der Waals surface area contributed by atoms with E-state index in [2.05, 4.69) is 9.97 Å². The van der Waals surface area contributed by atoms with Gasteiger partial charge in [-0.05, 0) is 37.0 Å². The Bertz CT molecular complexity index is 843. The molecule has 6 nitrogen and oxygen atoms in total. The van der Waals surface area contributed by atoms with Crippen molar-refractivity contribution in [2.75, 3.05) is 13.7 Å². The number of hydrogen-bond donors (Lipinski definition) is 1. The number of piperidine rings is 1. The summed E-state index contributed by atoms with van der Waals surface area (Å²) in [6.07, 6.45) is 0.813. The lowest BCUT2D eigenvalue weighted by molar-refractivity contribution is -0.141. The fourth-order valence-corrected chi connectivity index (χ4v) is 3.58. The zero-order valence-electron chi connectivity index (χ0n) is 15.9. The number of nitrogens with zero attached hydrogens (tertiary/aromatic N) is 3. The van der Waals surface area contributed by atoms with E-state index in [1.807, 2.05) is 0 Å². The minimum atomic E-state index is -4.52. The number of aliphatic hydroxyl groups is 1. The van der Waals surface area contributed by atoms with Crippen LogP contribution in [-0.4, -0.2) is 45.6 Å². The first-order chi connectivity index (χ1) is 13.8. The number of hydrogen-bond acceptors (Lipinski definition) is 5. The Kier molecular flexibility index (Phi) is 6.36. The minimum absolute atomic E-state index is 0.0848. The number of carbonyl (C=O) groups is 1. The second-order valence-corrected chi connectivity index (χ2v) is 6.94. The van der Waals surface area contributed by atoms with Crippen LogP contribution in [0, 0.1) is 0 Å². The van der Waals surface area contributed by atoms with Crippen molar-refractivity contribution in [3.63, 3.8) is 0 Å². The highest BCUT2D eigenvalue weighted by molar-refractivity contribution is 5.79. The lowest BCUT2D eigenvalue weighted by Gasteiger charge is -2.39. The van der Waals surface area contributed by atoms with Gasteiger partial charge in [0.05, 0.1) is 19.6 Å². The van der Waals surface area contributed by atoms with E-state index >= 15 is 0 Å². The van der Waals surface area contributed by atoms with Crippen molar-refractivity contribution in [2.24, 2.45) is 0 Å². The number of halogens is 3. The molecule has 0 spiro atoms. The zero-order chi connectivity index (χ0) is 21.0. The Labute approximate surface area is 166 Å². The summed E-state index contributed by atoms with van der Waals surface area (Å²) < 4.78 is 43.2. The number of likely N-dealkylation sites (tertiary alicyclic amines) is 1. The van der Waals surface area contributed by atoms with Crippen LogP contribution in [0.5, 0.6) is 5.75 Å². The molecule has 0 saturated carbocycles. The summed E-state index contributed by atoms with van der Waals surface area (Å²) in [5.41, 5.74) is -0.111. The fourth-order valence-electron chi connectivity index (χ4n) is 3.58. The molecule has 1 aliphatic rings. The van der Waals surface area contributed by atoms with Gasteiger partial charge in [0.1, 0.15) is 17.5 Å². The Morgan fingerprint density at radius 2 is 2.10 bits per heavy atom. The molecule has 156 valence electrons. The zero-order valence-corrected chi connectivity index (χ0v) is 15.9. The van der Waals surface area contributed by atoms with Crippen LogP contribution in [0.15, 0.2) is 36.8 Å². The average molecular weight is 409 g/mol. The molecule has 0 aromatic carbocycles. The largest absolute Gasteiger partial charge is 0.496 e. The third-order valence-corrected chi connectivity index (χ3v) is 5.05. The van der Waals surface area contributed by atoms with Crippen molar-refractivity contribution in [2.45, 2.75) is 44.0 Å². The molecule has 1 saturated heterocycles. The van der Waals surface area contributed by atoms with Crippen LogP contribution in [0.2, 0.25) is 0 Å². The van der Waals surface area contributed by atoms with Gasteiger partial charge in [0, 0.05) is 30.7 Å². The summed E-state index contributed by atoms with van der Waals surface area (Å²) in [6, 6.07) is 3.30. The summed E-state index contributed by atoms with van der Waals surface area (Å²) in [5, 5.41) is 10.9. The molecule has 1 amide bonds. The normalized spacial score (nSPS) is 18.4. The van der Waals surface area contributed by atoms with Crippen LogP contribution in [0.4, 0.5) is 13.2 Å². The van der Waals surface area contributed by atoms with Gasteiger partial charge in [-0.1, -0.05) is 6.07 Å². The third kappa shape index (κ3) is 4.84. The Morgan fingerprint density at radius 3 is 2.76 bits per heavy atom. The van der Waals surface area contributed by atoms with E-state index in [1.165, 1.54) is 19.4 Å². The molecule has 29 heavy (non-hydrogen) atoms. The second-order valence-electron chi connectivity index (χ2n) is 6.94. The van der Waals surface area contributed by atoms with E-state index < -0.39 is 24.0 Å². The molecule has 0 aliphatic carbocycles. The molecule has 2 aromatic rings. The first-order valence-corrected chi connectivity index (χ1v) is 9.29.